The van der Waals surface area contributed by atoms with Gasteiger partial charge in [0.1, 0.15) is 5.82 Å². The molecule has 1 aromatic carbocycles. The van der Waals surface area contributed by atoms with E-state index in [1.54, 1.807) is 7.11 Å². The first-order valence-electron chi connectivity index (χ1n) is 6.38. The van der Waals surface area contributed by atoms with Crippen molar-refractivity contribution < 1.29 is 4.74 Å². The van der Waals surface area contributed by atoms with Crippen molar-refractivity contribution in [2.75, 3.05) is 19.6 Å². The van der Waals surface area contributed by atoms with Crippen LogP contribution in [0.3, 0.4) is 0 Å². The molecule has 0 aliphatic carbocycles. The maximum atomic E-state index is 5.89. The van der Waals surface area contributed by atoms with E-state index in [-0.39, 0.29) is 0 Å². The van der Waals surface area contributed by atoms with E-state index in [0.29, 0.717) is 11.9 Å². The number of methoxy groups -OCH3 is 1. The van der Waals surface area contributed by atoms with Crippen LogP contribution in [0.4, 0.5) is 0 Å². The van der Waals surface area contributed by atoms with Gasteiger partial charge in [0, 0.05) is 36.5 Å². The minimum Gasteiger partial charge on any atom is -0.385 e. The van der Waals surface area contributed by atoms with Crippen LogP contribution in [0.2, 0.25) is 0 Å². The number of imidazole rings is 1. The zero-order valence-corrected chi connectivity index (χ0v) is 13.5. The van der Waals surface area contributed by atoms with Crippen LogP contribution in [0.25, 0.3) is 11.0 Å². The Morgan fingerprint density at radius 1 is 1.47 bits per heavy atom. The van der Waals surface area contributed by atoms with E-state index < -0.39 is 0 Å². The quantitative estimate of drug-likeness (QED) is 0.734. The second kappa shape index (κ2) is 6.73. The molecule has 5 heteroatoms. The number of benzene rings is 1. The predicted octanol–water partition coefficient (Wildman–Crippen LogP) is 4.18. The lowest BCUT2D eigenvalue weighted by Crippen LogP contribution is -2.12. The van der Waals surface area contributed by atoms with Gasteiger partial charge >= 0.3 is 0 Å². The van der Waals surface area contributed by atoms with Crippen molar-refractivity contribution in [3.05, 3.63) is 28.5 Å². The smallest absolute Gasteiger partial charge is 0.111 e. The molecular formula is C14H18BrClN2O. The third kappa shape index (κ3) is 3.30. The highest BCUT2D eigenvalue weighted by Crippen LogP contribution is 2.26. The lowest BCUT2D eigenvalue weighted by atomic mass is 10.2. The Balaban J connectivity index is 2.46. The van der Waals surface area contributed by atoms with E-state index in [2.05, 4.69) is 38.5 Å². The maximum absolute atomic E-state index is 5.89. The Bertz CT molecular complexity index is 556. The van der Waals surface area contributed by atoms with Gasteiger partial charge in [-0.3, -0.25) is 0 Å². The second-order valence-electron chi connectivity index (χ2n) is 4.60. The van der Waals surface area contributed by atoms with Crippen molar-refractivity contribution in [3.8, 4) is 0 Å². The summed E-state index contributed by atoms with van der Waals surface area (Å²) in [5, 5.41) is 0. The molecule has 1 unspecified atom stereocenters. The highest BCUT2D eigenvalue weighted by molar-refractivity contribution is 9.10. The normalized spacial score (nSPS) is 13.1. The lowest BCUT2D eigenvalue weighted by Gasteiger charge is -2.17. The van der Waals surface area contributed by atoms with Gasteiger partial charge in [-0.05, 0) is 31.5 Å². The largest absolute Gasteiger partial charge is 0.385 e. The first-order valence-corrected chi connectivity index (χ1v) is 7.71. The minimum atomic E-state index is 0.345. The number of hydrogen-bond acceptors (Lipinski definition) is 2. The first kappa shape index (κ1) is 14.8. The van der Waals surface area contributed by atoms with E-state index >= 15 is 0 Å². The van der Waals surface area contributed by atoms with Crippen LogP contribution in [0.5, 0.6) is 0 Å². The number of halogens is 2. The molecule has 0 bridgehead atoms. The number of alkyl halides is 1. The molecule has 0 saturated heterocycles. The summed E-state index contributed by atoms with van der Waals surface area (Å²) in [5.74, 6) is 1.63. The molecule has 104 valence electrons. The zero-order valence-electron chi connectivity index (χ0n) is 11.2. The van der Waals surface area contributed by atoms with Crippen LogP contribution in [0, 0.1) is 0 Å². The summed E-state index contributed by atoms with van der Waals surface area (Å²) in [4.78, 5) is 4.69. The van der Waals surface area contributed by atoms with Gasteiger partial charge in [-0.1, -0.05) is 15.9 Å². The van der Waals surface area contributed by atoms with Crippen molar-refractivity contribution in [2.45, 2.75) is 25.8 Å². The van der Waals surface area contributed by atoms with Gasteiger partial charge in [-0.15, -0.1) is 11.6 Å². The Kier molecular flexibility index (Phi) is 5.25. The summed E-state index contributed by atoms with van der Waals surface area (Å²) in [7, 11) is 1.73. The van der Waals surface area contributed by atoms with Crippen molar-refractivity contribution in [1.82, 2.24) is 9.55 Å². The van der Waals surface area contributed by atoms with E-state index in [4.69, 9.17) is 16.3 Å². The number of rotatable bonds is 6. The molecule has 2 rings (SSSR count). The highest BCUT2D eigenvalue weighted by Gasteiger charge is 2.15. The minimum absolute atomic E-state index is 0.345. The van der Waals surface area contributed by atoms with Gasteiger partial charge in [-0.2, -0.15) is 0 Å². The van der Waals surface area contributed by atoms with Crippen LogP contribution in [-0.2, 0) is 11.2 Å². The molecule has 0 spiro atoms. The molecule has 1 heterocycles. The fourth-order valence-electron chi connectivity index (χ4n) is 2.29. The SMILES string of the molecule is COCCC(C)n1c(CCCl)nc2ccc(Br)cc21. The Labute approximate surface area is 127 Å². The molecule has 0 aliphatic heterocycles. The van der Waals surface area contributed by atoms with E-state index in [1.807, 2.05) is 12.1 Å². The first-order chi connectivity index (χ1) is 9.17. The van der Waals surface area contributed by atoms with E-state index in [9.17, 15) is 0 Å². The lowest BCUT2D eigenvalue weighted by molar-refractivity contribution is 0.181. The Morgan fingerprint density at radius 2 is 2.26 bits per heavy atom. The molecule has 0 fully saturated rings. The van der Waals surface area contributed by atoms with Gasteiger partial charge in [0.05, 0.1) is 11.0 Å². The predicted molar refractivity (Wildman–Crippen MR) is 83.1 cm³/mol. The van der Waals surface area contributed by atoms with E-state index in [1.165, 1.54) is 0 Å². The van der Waals surface area contributed by atoms with Gasteiger partial charge in [0.25, 0.3) is 0 Å². The average Bonchev–Trinajstić information content (AvgIpc) is 2.73. The van der Waals surface area contributed by atoms with Crippen molar-refractivity contribution in [2.24, 2.45) is 0 Å². The number of aromatic nitrogens is 2. The number of fused-ring (bicyclic) bond motifs is 1. The van der Waals surface area contributed by atoms with Gasteiger partial charge in [-0.25, -0.2) is 4.98 Å². The van der Waals surface area contributed by atoms with Crippen LogP contribution in [-0.4, -0.2) is 29.1 Å². The molecule has 0 amide bonds. The summed E-state index contributed by atoms with van der Waals surface area (Å²) in [6.07, 6.45) is 1.74. The number of hydrogen-bond donors (Lipinski definition) is 0. The summed E-state index contributed by atoms with van der Waals surface area (Å²) in [5.41, 5.74) is 2.17. The Morgan fingerprint density at radius 3 is 2.95 bits per heavy atom. The zero-order chi connectivity index (χ0) is 13.8. The monoisotopic (exact) mass is 344 g/mol. The molecule has 19 heavy (non-hydrogen) atoms. The van der Waals surface area contributed by atoms with Crippen LogP contribution >= 0.6 is 27.5 Å². The van der Waals surface area contributed by atoms with Gasteiger partial charge < -0.3 is 9.30 Å². The second-order valence-corrected chi connectivity index (χ2v) is 5.89. The van der Waals surface area contributed by atoms with Gasteiger partial charge in [0.15, 0.2) is 0 Å². The topological polar surface area (TPSA) is 27.1 Å². The molecule has 3 nitrogen and oxygen atoms in total. The summed E-state index contributed by atoms with van der Waals surface area (Å²) in [6, 6.07) is 6.52. The van der Waals surface area contributed by atoms with Gasteiger partial charge in [0.2, 0.25) is 0 Å². The highest BCUT2D eigenvalue weighted by atomic mass is 79.9. The average molecular weight is 346 g/mol. The number of aryl methyl sites for hydroxylation is 1. The van der Waals surface area contributed by atoms with Crippen molar-refractivity contribution in [3.63, 3.8) is 0 Å². The maximum Gasteiger partial charge on any atom is 0.111 e. The fraction of sp³-hybridized carbons (Fsp3) is 0.500. The number of ether oxygens (including phenoxy) is 1. The van der Waals surface area contributed by atoms with Crippen LogP contribution < -0.4 is 0 Å². The molecular weight excluding hydrogens is 328 g/mol. The molecule has 0 saturated carbocycles. The number of nitrogens with zero attached hydrogens (tertiary/aromatic N) is 2. The summed E-state index contributed by atoms with van der Waals surface area (Å²) < 4.78 is 8.52. The van der Waals surface area contributed by atoms with Crippen LogP contribution in [0.1, 0.15) is 25.2 Å². The van der Waals surface area contributed by atoms with Crippen molar-refractivity contribution in [1.29, 1.82) is 0 Å². The molecule has 0 N–H and O–H groups in total. The fourth-order valence-corrected chi connectivity index (χ4v) is 2.80. The molecule has 2 aromatic rings. The van der Waals surface area contributed by atoms with Crippen LogP contribution in [0.15, 0.2) is 22.7 Å². The Hall–Kier alpha value is -0.580. The van der Waals surface area contributed by atoms with Crippen molar-refractivity contribution >= 4 is 38.6 Å². The molecule has 1 aromatic heterocycles. The van der Waals surface area contributed by atoms with E-state index in [0.717, 1.165) is 40.8 Å². The molecule has 0 aliphatic rings. The third-order valence-electron chi connectivity index (χ3n) is 3.22. The molecule has 1 atom stereocenters. The summed E-state index contributed by atoms with van der Waals surface area (Å²) in [6.45, 7) is 2.94. The standard InChI is InChI=1S/C14H18BrClN2O/c1-10(6-8-19-2)18-13-9-11(15)3-4-12(13)17-14(18)5-7-16/h3-4,9-10H,5-8H2,1-2H3. The summed E-state index contributed by atoms with van der Waals surface area (Å²) >= 11 is 9.41. The third-order valence-corrected chi connectivity index (χ3v) is 3.91. The molecule has 0 radical (unpaired) electrons.